The molecule has 0 spiro atoms. The molecule has 2 aliphatic heterocycles. The van der Waals surface area contributed by atoms with E-state index in [2.05, 4.69) is 4.98 Å². The largest absolute Gasteiger partial charge is 0.336 e. The normalized spacial score (nSPS) is 23.1. The summed E-state index contributed by atoms with van der Waals surface area (Å²) in [4.78, 5) is 33.1. The number of thiophene rings is 1. The van der Waals surface area contributed by atoms with Crippen LogP contribution < -0.4 is 0 Å². The van der Waals surface area contributed by atoms with Crippen LogP contribution in [0.25, 0.3) is 0 Å². The van der Waals surface area contributed by atoms with E-state index in [0.29, 0.717) is 18.2 Å². The molecule has 2 saturated heterocycles. The van der Waals surface area contributed by atoms with Crippen LogP contribution in [0.4, 0.5) is 0 Å². The molecule has 2 aromatic heterocycles. The van der Waals surface area contributed by atoms with E-state index >= 15 is 0 Å². The van der Waals surface area contributed by atoms with Crippen LogP contribution in [-0.4, -0.2) is 52.3 Å². The monoisotopic (exact) mass is 327 g/mol. The summed E-state index contributed by atoms with van der Waals surface area (Å²) in [5.41, 5.74) is 1.23. The summed E-state index contributed by atoms with van der Waals surface area (Å²) in [6.45, 7) is 2.12. The van der Waals surface area contributed by atoms with Gasteiger partial charge >= 0.3 is 0 Å². The average molecular weight is 327 g/mol. The van der Waals surface area contributed by atoms with Gasteiger partial charge in [-0.05, 0) is 30.0 Å². The molecule has 4 heterocycles. The number of fused-ring (bicyclic) bond motifs is 1. The minimum Gasteiger partial charge on any atom is -0.336 e. The maximum atomic E-state index is 12.7. The zero-order valence-corrected chi connectivity index (χ0v) is 13.4. The Morgan fingerprint density at radius 3 is 2.83 bits per heavy atom. The van der Waals surface area contributed by atoms with Gasteiger partial charge in [0, 0.05) is 37.1 Å². The summed E-state index contributed by atoms with van der Waals surface area (Å²) < 4.78 is 0. The number of carbonyl (C=O) groups is 2. The molecule has 2 aliphatic rings. The van der Waals surface area contributed by atoms with Gasteiger partial charge in [-0.25, -0.2) is 0 Å². The number of likely N-dealkylation sites (tertiary alicyclic amines) is 2. The van der Waals surface area contributed by atoms with Crippen molar-refractivity contribution >= 4 is 23.2 Å². The average Bonchev–Trinajstić information content (AvgIpc) is 3.30. The Morgan fingerprint density at radius 1 is 1.17 bits per heavy atom. The number of hydrogen-bond donors (Lipinski definition) is 0. The van der Waals surface area contributed by atoms with Gasteiger partial charge in [0.1, 0.15) is 5.69 Å². The number of hydrogen-bond acceptors (Lipinski definition) is 4. The van der Waals surface area contributed by atoms with Crippen LogP contribution in [0.5, 0.6) is 0 Å². The number of rotatable bonds is 2. The van der Waals surface area contributed by atoms with Gasteiger partial charge < -0.3 is 9.80 Å². The van der Waals surface area contributed by atoms with Gasteiger partial charge in [-0.3, -0.25) is 14.6 Å². The maximum absolute atomic E-state index is 12.7. The van der Waals surface area contributed by atoms with E-state index in [4.69, 9.17) is 0 Å². The van der Waals surface area contributed by atoms with Crippen molar-refractivity contribution in [2.75, 3.05) is 19.6 Å². The van der Waals surface area contributed by atoms with E-state index in [1.54, 1.807) is 18.3 Å². The van der Waals surface area contributed by atoms with E-state index in [-0.39, 0.29) is 17.9 Å². The summed E-state index contributed by atoms with van der Waals surface area (Å²) in [6, 6.07) is 7.36. The molecule has 0 radical (unpaired) electrons. The summed E-state index contributed by atoms with van der Waals surface area (Å²) in [7, 11) is 0. The van der Waals surface area contributed by atoms with Crippen molar-refractivity contribution in [3.63, 3.8) is 0 Å². The lowest BCUT2D eigenvalue weighted by Gasteiger charge is -2.24. The van der Waals surface area contributed by atoms with Crippen molar-refractivity contribution < 1.29 is 9.59 Å². The second kappa shape index (κ2) is 5.77. The van der Waals surface area contributed by atoms with Crippen molar-refractivity contribution in [1.82, 2.24) is 14.8 Å². The Labute approximate surface area is 138 Å². The predicted octanol–water partition coefficient (Wildman–Crippen LogP) is 2.13. The zero-order chi connectivity index (χ0) is 15.8. The van der Waals surface area contributed by atoms with E-state index < -0.39 is 0 Å². The van der Waals surface area contributed by atoms with E-state index in [1.165, 1.54) is 11.3 Å². The topological polar surface area (TPSA) is 53.5 Å². The van der Waals surface area contributed by atoms with Crippen molar-refractivity contribution in [2.45, 2.75) is 12.5 Å². The van der Waals surface area contributed by atoms with Gasteiger partial charge in [-0.15, -0.1) is 0 Å². The molecule has 2 aromatic rings. The number of amides is 2. The second-order valence-corrected chi connectivity index (χ2v) is 6.83. The molecule has 5 nitrogen and oxygen atoms in total. The Morgan fingerprint density at radius 2 is 2.09 bits per heavy atom. The third-order valence-electron chi connectivity index (χ3n) is 4.75. The first-order valence-electron chi connectivity index (χ1n) is 7.77. The van der Waals surface area contributed by atoms with Crippen LogP contribution in [0.1, 0.15) is 27.3 Å². The molecule has 6 heteroatoms. The van der Waals surface area contributed by atoms with Gasteiger partial charge in [0.05, 0.1) is 11.6 Å². The molecule has 0 aliphatic carbocycles. The maximum Gasteiger partial charge on any atom is 0.272 e. The fourth-order valence-electron chi connectivity index (χ4n) is 3.58. The molecular formula is C17H17N3O2S. The molecule has 0 saturated carbocycles. The molecule has 2 atom stereocenters. The third-order valence-corrected chi connectivity index (χ3v) is 5.43. The highest BCUT2D eigenvalue weighted by molar-refractivity contribution is 7.08. The van der Waals surface area contributed by atoms with Crippen molar-refractivity contribution in [3.05, 3.63) is 52.5 Å². The number of carbonyl (C=O) groups excluding carboxylic acids is 2. The smallest absolute Gasteiger partial charge is 0.272 e. The summed E-state index contributed by atoms with van der Waals surface area (Å²) >= 11 is 1.53. The van der Waals surface area contributed by atoms with Crippen molar-refractivity contribution in [3.8, 4) is 0 Å². The molecule has 0 aromatic carbocycles. The molecule has 23 heavy (non-hydrogen) atoms. The van der Waals surface area contributed by atoms with E-state index in [0.717, 1.165) is 25.1 Å². The zero-order valence-electron chi connectivity index (χ0n) is 12.6. The highest BCUT2D eigenvalue weighted by atomic mass is 32.1. The van der Waals surface area contributed by atoms with Crippen molar-refractivity contribution in [2.24, 2.45) is 5.92 Å². The first kappa shape index (κ1) is 14.4. The standard InChI is InChI=1S/C17H17N3O2S/c21-16(13-5-8-23-11-13)19-9-12-4-7-20(15(12)10-19)17(22)14-3-1-2-6-18-14/h1-3,5-6,8,11-12,15H,4,7,9-10H2. The highest BCUT2D eigenvalue weighted by Crippen LogP contribution is 2.33. The number of nitrogens with zero attached hydrogens (tertiary/aromatic N) is 3. The second-order valence-electron chi connectivity index (χ2n) is 6.05. The molecule has 4 rings (SSSR count). The lowest BCUT2D eigenvalue weighted by Crippen LogP contribution is -2.41. The quantitative estimate of drug-likeness (QED) is 0.849. The van der Waals surface area contributed by atoms with Crippen LogP contribution in [0.2, 0.25) is 0 Å². The molecule has 0 bridgehead atoms. The first-order valence-corrected chi connectivity index (χ1v) is 8.72. The Hall–Kier alpha value is -2.21. The van der Waals surface area contributed by atoms with Gasteiger partial charge in [0.15, 0.2) is 0 Å². The third kappa shape index (κ3) is 2.53. The molecule has 2 fully saturated rings. The Bertz CT molecular complexity index is 717. The summed E-state index contributed by atoms with van der Waals surface area (Å²) in [5, 5.41) is 3.80. The predicted molar refractivity (Wildman–Crippen MR) is 87.4 cm³/mol. The van der Waals surface area contributed by atoms with Crippen LogP contribution in [0.3, 0.4) is 0 Å². The van der Waals surface area contributed by atoms with Gasteiger partial charge in [-0.1, -0.05) is 6.07 Å². The fraction of sp³-hybridized carbons (Fsp3) is 0.353. The van der Waals surface area contributed by atoms with Crippen LogP contribution in [0, 0.1) is 5.92 Å². The van der Waals surface area contributed by atoms with Crippen LogP contribution in [0.15, 0.2) is 41.2 Å². The highest BCUT2D eigenvalue weighted by Gasteiger charge is 2.45. The Balaban J connectivity index is 1.50. The van der Waals surface area contributed by atoms with Crippen LogP contribution in [-0.2, 0) is 0 Å². The minimum absolute atomic E-state index is 0.0251. The van der Waals surface area contributed by atoms with E-state index in [9.17, 15) is 9.59 Å². The van der Waals surface area contributed by atoms with Gasteiger partial charge in [0.2, 0.25) is 0 Å². The lowest BCUT2D eigenvalue weighted by molar-refractivity contribution is 0.0685. The number of pyridine rings is 1. The summed E-state index contributed by atoms with van der Waals surface area (Å²) in [5.74, 6) is 0.430. The van der Waals surface area contributed by atoms with Gasteiger partial charge in [-0.2, -0.15) is 11.3 Å². The molecule has 2 amide bonds. The minimum atomic E-state index is -0.0251. The molecule has 2 unspecified atom stereocenters. The fourth-order valence-corrected chi connectivity index (χ4v) is 4.21. The van der Waals surface area contributed by atoms with E-state index in [1.807, 2.05) is 32.7 Å². The molecule has 118 valence electrons. The van der Waals surface area contributed by atoms with Gasteiger partial charge in [0.25, 0.3) is 11.8 Å². The molecular weight excluding hydrogens is 310 g/mol. The number of aromatic nitrogens is 1. The lowest BCUT2D eigenvalue weighted by atomic mass is 10.1. The molecule has 0 N–H and O–H groups in total. The SMILES string of the molecule is O=C(c1ccsc1)N1CC2CCN(C(=O)c3ccccn3)C2C1. The van der Waals surface area contributed by atoms with Crippen molar-refractivity contribution in [1.29, 1.82) is 0 Å². The Kier molecular flexibility index (Phi) is 3.61. The van der Waals surface area contributed by atoms with Crippen LogP contribution >= 0.6 is 11.3 Å². The first-order chi connectivity index (χ1) is 11.2. The summed E-state index contributed by atoms with van der Waals surface area (Å²) in [6.07, 6.45) is 2.60.